The molecule has 116 valence electrons. The average molecular weight is 301 g/mol. The quantitative estimate of drug-likeness (QED) is 0.826. The Hall–Kier alpha value is -2.37. The number of rotatable bonds is 6. The summed E-state index contributed by atoms with van der Waals surface area (Å²) in [7, 11) is 0. The van der Waals surface area contributed by atoms with Crippen LogP contribution in [0.25, 0.3) is 0 Å². The van der Waals surface area contributed by atoms with Crippen molar-refractivity contribution in [2.45, 2.75) is 38.6 Å². The minimum absolute atomic E-state index is 0.0168. The fourth-order valence-electron chi connectivity index (χ4n) is 2.40. The van der Waals surface area contributed by atoms with Crippen molar-refractivity contribution in [2.24, 2.45) is 0 Å². The van der Waals surface area contributed by atoms with Crippen LogP contribution in [0.5, 0.6) is 0 Å². The highest BCUT2D eigenvalue weighted by molar-refractivity contribution is 5.92. The molecular formula is C16H19N3O3. The normalized spacial score (nSPS) is 14.0. The maximum Gasteiger partial charge on any atom is 0.273 e. The van der Waals surface area contributed by atoms with Gasteiger partial charge in [0.05, 0.1) is 0 Å². The smallest absolute Gasteiger partial charge is 0.273 e. The fourth-order valence-corrected chi connectivity index (χ4v) is 2.40. The van der Waals surface area contributed by atoms with E-state index in [0.29, 0.717) is 31.1 Å². The zero-order chi connectivity index (χ0) is 15.5. The minimum atomic E-state index is -0.229. The fraction of sp³-hybridized carbons (Fsp3) is 0.438. The summed E-state index contributed by atoms with van der Waals surface area (Å²) in [6.45, 7) is 2.97. The molecule has 0 spiro atoms. The molecule has 1 saturated carbocycles. The molecule has 1 fully saturated rings. The topological polar surface area (TPSA) is 77.1 Å². The van der Waals surface area contributed by atoms with E-state index in [1.807, 2.05) is 13.0 Å². The summed E-state index contributed by atoms with van der Waals surface area (Å²) in [5.74, 6) is 1.02. The highest BCUT2D eigenvalue weighted by Gasteiger charge is 2.28. The predicted molar refractivity (Wildman–Crippen MR) is 80.9 cm³/mol. The third-order valence-electron chi connectivity index (χ3n) is 3.85. The molecule has 22 heavy (non-hydrogen) atoms. The van der Waals surface area contributed by atoms with Gasteiger partial charge in [-0.3, -0.25) is 9.59 Å². The maximum absolute atomic E-state index is 11.9. The van der Waals surface area contributed by atoms with E-state index in [9.17, 15) is 9.59 Å². The molecule has 2 heterocycles. The molecule has 0 unspecified atom stereocenters. The van der Waals surface area contributed by atoms with E-state index >= 15 is 0 Å². The molecule has 1 aliphatic carbocycles. The number of amides is 1. The number of aryl methyl sites for hydroxylation is 1. The van der Waals surface area contributed by atoms with Crippen LogP contribution in [-0.2, 0) is 6.54 Å². The second-order valence-corrected chi connectivity index (χ2v) is 5.66. The summed E-state index contributed by atoms with van der Waals surface area (Å²) in [6.07, 6.45) is 2.91. The van der Waals surface area contributed by atoms with Gasteiger partial charge in [-0.1, -0.05) is 11.2 Å². The second-order valence-electron chi connectivity index (χ2n) is 5.66. The van der Waals surface area contributed by atoms with E-state index in [1.165, 1.54) is 0 Å². The molecular weight excluding hydrogens is 282 g/mol. The molecule has 6 heteroatoms. The van der Waals surface area contributed by atoms with Gasteiger partial charge in [-0.2, -0.15) is 0 Å². The number of carbonyl (C=O) groups is 1. The van der Waals surface area contributed by atoms with Gasteiger partial charge in [-0.15, -0.1) is 0 Å². The molecule has 3 rings (SSSR count). The van der Waals surface area contributed by atoms with E-state index in [4.69, 9.17) is 4.52 Å². The lowest BCUT2D eigenvalue weighted by molar-refractivity contribution is 0.0943. The molecule has 0 saturated heterocycles. The molecule has 0 radical (unpaired) electrons. The average Bonchev–Trinajstić information content (AvgIpc) is 3.23. The summed E-state index contributed by atoms with van der Waals surface area (Å²) >= 11 is 0. The second kappa shape index (κ2) is 6.17. The minimum Gasteiger partial charge on any atom is -0.360 e. The highest BCUT2D eigenvalue weighted by atomic mass is 16.5. The maximum atomic E-state index is 11.9. The van der Waals surface area contributed by atoms with Gasteiger partial charge in [0.1, 0.15) is 5.76 Å². The Bertz CT molecular complexity index is 728. The van der Waals surface area contributed by atoms with Crippen LogP contribution in [0.15, 0.2) is 33.6 Å². The van der Waals surface area contributed by atoms with Crippen LogP contribution < -0.4 is 10.9 Å². The number of nitrogens with one attached hydrogen (secondary N) is 1. The van der Waals surface area contributed by atoms with E-state index in [0.717, 1.165) is 24.3 Å². The van der Waals surface area contributed by atoms with Gasteiger partial charge in [0.25, 0.3) is 11.5 Å². The van der Waals surface area contributed by atoms with E-state index in [1.54, 1.807) is 22.8 Å². The summed E-state index contributed by atoms with van der Waals surface area (Å²) in [5.41, 5.74) is 1.23. The van der Waals surface area contributed by atoms with E-state index in [-0.39, 0.29) is 11.5 Å². The van der Waals surface area contributed by atoms with Crippen LogP contribution >= 0.6 is 0 Å². The van der Waals surface area contributed by atoms with Crippen LogP contribution in [0.1, 0.15) is 47.1 Å². The van der Waals surface area contributed by atoms with Crippen molar-refractivity contribution in [2.75, 3.05) is 6.54 Å². The van der Waals surface area contributed by atoms with Crippen molar-refractivity contribution in [3.63, 3.8) is 0 Å². The first-order chi connectivity index (χ1) is 10.6. The number of carbonyl (C=O) groups excluding carboxylic acids is 1. The summed E-state index contributed by atoms with van der Waals surface area (Å²) in [4.78, 5) is 23.7. The zero-order valence-electron chi connectivity index (χ0n) is 12.5. The van der Waals surface area contributed by atoms with Crippen LogP contribution in [0, 0.1) is 6.92 Å². The predicted octanol–water partition coefficient (Wildman–Crippen LogP) is 1.84. The molecule has 1 amide bonds. The zero-order valence-corrected chi connectivity index (χ0v) is 12.5. The molecule has 2 aromatic rings. The van der Waals surface area contributed by atoms with Gasteiger partial charge in [0.2, 0.25) is 0 Å². The summed E-state index contributed by atoms with van der Waals surface area (Å²) in [6, 6.07) is 6.91. The molecule has 1 aliphatic rings. The first-order valence-corrected chi connectivity index (χ1v) is 7.56. The number of hydrogen-bond acceptors (Lipinski definition) is 4. The first kappa shape index (κ1) is 14.6. The van der Waals surface area contributed by atoms with Gasteiger partial charge >= 0.3 is 0 Å². The van der Waals surface area contributed by atoms with E-state index < -0.39 is 0 Å². The number of hydrogen-bond donors (Lipinski definition) is 1. The van der Waals surface area contributed by atoms with Gasteiger partial charge < -0.3 is 14.4 Å². The van der Waals surface area contributed by atoms with Crippen LogP contribution in [0.3, 0.4) is 0 Å². The molecule has 0 aliphatic heterocycles. The van der Waals surface area contributed by atoms with Crippen molar-refractivity contribution in [3.8, 4) is 0 Å². The summed E-state index contributed by atoms with van der Waals surface area (Å²) in [5, 5.41) is 6.60. The highest BCUT2D eigenvalue weighted by Crippen LogP contribution is 2.40. The third-order valence-corrected chi connectivity index (χ3v) is 3.85. The largest absolute Gasteiger partial charge is 0.360 e. The van der Waals surface area contributed by atoms with E-state index in [2.05, 4.69) is 10.5 Å². The van der Waals surface area contributed by atoms with Crippen LogP contribution in [-0.4, -0.2) is 22.2 Å². The molecule has 0 atom stereocenters. The van der Waals surface area contributed by atoms with Gasteiger partial charge in [-0.25, -0.2) is 0 Å². The van der Waals surface area contributed by atoms with Gasteiger partial charge in [-0.05, 0) is 32.3 Å². The Labute approximate surface area is 128 Å². The van der Waals surface area contributed by atoms with Crippen molar-refractivity contribution < 1.29 is 9.32 Å². The van der Waals surface area contributed by atoms with Crippen molar-refractivity contribution in [1.82, 2.24) is 15.0 Å². The SMILES string of the molecule is Cc1cccc(=O)n1CCCNC(=O)c1cc(C2CC2)on1. The van der Waals surface area contributed by atoms with Crippen molar-refractivity contribution >= 4 is 5.91 Å². The molecule has 6 nitrogen and oxygen atoms in total. The monoisotopic (exact) mass is 301 g/mol. The standard InChI is InChI=1S/C16H19N3O3/c1-11-4-2-5-15(20)19(11)9-3-8-17-16(21)13-10-14(22-18-13)12-6-7-12/h2,4-5,10,12H,3,6-9H2,1H3,(H,17,21). The lowest BCUT2D eigenvalue weighted by Gasteiger charge is -2.09. The lowest BCUT2D eigenvalue weighted by atomic mass is 10.2. The Morgan fingerprint density at radius 1 is 1.45 bits per heavy atom. The Balaban J connectivity index is 1.48. The molecule has 1 N–H and O–H groups in total. The summed E-state index contributed by atoms with van der Waals surface area (Å²) < 4.78 is 6.86. The van der Waals surface area contributed by atoms with Crippen molar-refractivity contribution in [1.29, 1.82) is 0 Å². The Morgan fingerprint density at radius 2 is 2.27 bits per heavy atom. The van der Waals surface area contributed by atoms with Crippen LogP contribution in [0.2, 0.25) is 0 Å². The Morgan fingerprint density at radius 3 is 3.00 bits per heavy atom. The van der Waals surface area contributed by atoms with Crippen molar-refractivity contribution in [3.05, 3.63) is 51.8 Å². The number of nitrogens with zero attached hydrogens (tertiary/aromatic N) is 2. The lowest BCUT2D eigenvalue weighted by Crippen LogP contribution is -2.27. The first-order valence-electron chi connectivity index (χ1n) is 7.56. The Kier molecular flexibility index (Phi) is 4.09. The number of aromatic nitrogens is 2. The molecule has 2 aromatic heterocycles. The third kappa shape index (κ3) is 3.27. The van der Waals surface area contributed by atoms with Gasteiger partial charge in [0.15, 0.2) is 5.69 Å². The van der Waals surface area contributed by atoms with Gasteiger partial charge in [0, 0.05) is 36.8 Å². The van der Waals surface area contributed by atoms with Crippen LogP contribution in [0.4, 0.5) is 0 Å². The molecule has 0 bridgehead atoms. The number of pyridine rings is 1. The molecule has 0 aromatic carbocycles.